The van der Waals surface area contributed by atoms with Gasteiger partial charge in [0.1, 0.15) is 5.69 Å². The number of aromatic nitrogens is 2. The first-order chi connectivity index (χ1) is 15.8. The van der Waals surface area contributed by atoms with Crippen LogP contribution in [0.25, 0.3) is 10.6 Å². The van der Waals surface area contributed by atoms with Crippen LogP contribution in [0.4, 0.5) is 11.5 Å². The molecule has 0 spiro atoms. The van der Waals surface area contributed by atoms with Crippen molar-refractivity contribution in [1.29, 1.82) is 0 Å². The number of carbonyl (C=O) groups is 2. The first-order valence-corrected chi connectivity index (χ1v) is 12.7. The van der Waals surface area contributed by atoms with Gasteiger partial charge in [-0.05, 0) is 60.7 Å². The number of hydrogen-bond donors (Lipinski definition) is 2. The number of rotatable bonds is 6. The first-order valence-electron chi connectivity index (χ1n) is 10.4. The van der Waals surface area contributed by atoms with Crippen molar-refractivity contribution in [2.45, 2.75) is 24.7 Å². The van der Waals surface area contributed by atoms with Gasteiger partial charge < -0.3 is 10.2 Å². The van der Waals surface area contributed by atoms with Crippen LogP contribution in [0.3, 0.4) is 0 Å². The van der Waals surface area contributed by atoms with E-state index >= 15 is 0 Å². The van der Waals surface area contributed by atoms with E-state index < -0.39 is 15.9 Å². The fourth-order valence-corrected chi connectivity index (χ4v) is 5.31. The normalized spacial score (nSPS) is 14.6. The van der Waals surface area contributed by atoms with Crippen LogP contribution in [0.15, 0.2) is 58.8 Å². The van der Waals surface area contributed by atoms with Crippen molar-refractivity contribution < 1.29 is 18.0 Å². The second-order valence-corrected chi connectivity index (χ2v) is 10.3. The molecule has 2 aromatic heterocycles. The maximum absolute atomic E-state index is 12.7. The minimum atomic E-state index is -3.90. The van der Waals surface area contributed by atoms with Crippen molar-refractivity contribution in [2.24, 2.45) is 5.92 Å². The van der Waals surface area contributed by atoms with E-state index in [1.807, 2.05) is 34.4 Å². The summed E-state index contributed by atoms with van der Waals surface area (Å²) in [4.78, 5) is 26.9. The van der Waals surface area contributed by atoms with E-state index in [4.69, 9.17) is 0 Å². The summed E-state index contributed by atoms with van der Waals surface area (Å²) in [7, 11) is -3.90. The molecule has 9 nitrogen and oxygen atoms in total. The Hall–Kier alpha value is -3.31. The summed E-state index contributed by atoms with van der Waals surface area (Å²) in [6, 6.07) is 13.6. The monoisotopic (exact) mass is 485 g/mol. The average molecular weight is 486 g/mol. The van der Waals surface area contributed by atoms with Crippen LogP contribution in [0, 0.1) is 5.92 Å². The molecule has 4 rings (SSSR count). The van der Waals surface area contributed by atoms with Crippen molar-refractivity contribution >= 4 is 44.7 Å². The number of sulfonamides is 1. The number of benzene rings is 1. The van der Waals surface area contributed by atoms with Gasteiger partial charge in [-0.15, -0.1) is 21.5 Å². The topological polar surface area (TPSA) is 121 Å². The molecule has 3 heterocycles. The van der Waals surface area contributed by atoms with Crippen LogP contribution in [-0.2, 0) is 19.6 Å². The highest BCUT2D eigenvalue weighted by atomic mass is 32.2. The summed E-state index contributed by atoms with van der Waals surface area (Å²) in [5.41, 5.74) is 1.35. The molecule has 11 heteroatoms. The third-order valence-electron chi connectivity index (χ3n) is 5.32. The molecular formula is C22H23N5O4S2. The van der Waals surface area contributed by atoms with E-state index in [0.717, 1.165) is 23.3 Å². The number of nitrogens with one attached hydrogen (secondary N) is 2. The standard InChI is InChI=1S/C22H23N5O4S2/c1-15(28)26-33(30,31)18-6-4-17(5-7-18)23-22(29)16-10-12-27(13-11-16)21-9-8-19(24-25-21)20-3-2-14-32-20/h2-9,14,16H,10-13H2,1H3,(H,23,29)(H,26,28). The van der Waals surface area contributed by atoms with Crippen LogP contribution in [0.1, 0.15) is 19.8 Å². The fourth-order valence-electron chi connectivity index (χ4n) is 3.63. The van der Waals surface area contributed by atoms with Crippen LogP contribution < -0.4 is 14.9 Å². The third kappa shape index (κ3) is 5.55. The van der Waals surface area contributed by atoms with Gasteiger partial charge in [-0.2, -0.15) is 0 Å². The number of thiophene rings is 1. The van der Waals surface area contributed by atoms with Crippen molar-refractivity contribution in [3.8, 4) is 10.6 Å². The van der Waals surface area contributed by atoms with E-state index in [1.54, 1.807) is 11.3 Å². The Bertz CT molecular complexity index is 1220. The summed E-state index contributed by atoms with van der Waals surface area (Å²) in [6.07, 6.45) is 1.35. The first kappa shape index (κ1) is 22.9. The van der Waals surface area contributed by atoms with Crippen molar-refractivity contribution in [3.63, 3.8) is 0 Å². The molecule has 0 aliphatic carbocycles. The number of anilines is 2. The molecule has 1 aliphatic rings. The molecule has 33 heavy (non-hydrogen) atoms. The van der Waals surface area contributed by atoms with Crippen LogP contribution >= 0.6 is 11.3 Å². The Kier molecular flexibility index (Phi) is 6.70. The Morgan fingerprint density at radius 2 is 1.76 bits per heavy atom. The highest BCUT2D eigenvalue weighted by molar-refractivity contribution is 7.90. The number of carbonyl (C=O) groups excluding carboxylic acids is 2. The second-order valence-electron chi connectivity index (χ2n) is 7.69. The predicted octanol–water partition coefficient (Wildman–Crippen LogP) is 2.89. The molecule has 0 unspecified atom stereocenters. The van der Waals surface area contributed by atoms with Gasteiger partial charge in [0.25, 0.3) is 10.0 Å². The van der Waals surface area contributed by atoms with E-state index in [-0.39, 0.29) is 16.7 Å². The van der Waals surface area contributed by atoms with Crippen molar-refractivity contribution in [1.82, 2.24) is 14.9 Å². The highest BCUT2D eigenvalue weighted by Crippen LogP contribution is 2.26. The van der Waals surface area contributed by atoms with Gasteiger partial charge in [-0.3, -0.25) is 9.59 Å². The van der Waals surface area contributed by atoms with Crippen molar-refractivity contribution in [2.75, 3.05) is 23.3 Å². The maximum atomic E-state index is 12.7. The van der Waals surface area contributed by atoms with E-state index in [1.165, 1.54) is 24.3 Å². The lowest BCUT2D eigenvalue weighted by atomic mass is 9.96. The molecule has 1 saturated heterocycles. The van der Waals surface area contributed by atoms with Gasteiger partial charge in [-0.25, -0.2) is 13.1 Å². The molecule has 1 aliphatic heterocycles. The number of amides is 2. The molecule has 1 aromatic carbocycles. The number of nitrogens with zero attached hydrogens (tertiary/aromatic N) is 3. The maximum Gasteiger partial charge on any atom is 0.264 e. The fraction of sp³-hybridized carbons (Fsp3) is 0.273. The highest BCUT2D eigenvalue weighted by Gasteiger charge is 2.26. The lowest BCUT2D eigenvalue weighted by molar-refractivity contribution is -0.120. The Morgan fingerprint density at radius 3 is 2.33 bits per heavy atom. The van der Waals surface area contributed by atoms with Gasteiger partial charge >= 0.3 is 0 Å². The molecular weight excluding hydrogens is 462 g/mol. The summed E-state index contributed by atoms with van der Waals surface area (Å²) >= 11 is 1.62. The van der Waals surface area contributed by atoms with Crippen LogP contribution in [0.5, 0.6) is 0 Å². The third-order valence-corrected chi connectivity index (χ3v) is 7.67. The Morgan fingerprint density at radius 1 is 1.03 bits per heavy atom. The number of piperidine rings is 1. The largest absolute Gasteiger partial charge is 0.355 e. The number of hydrogen-bond acceptors (Lipinski definition) is 8. The van der Waals surface area contributed by atoms with Gasteiger partial charge in [-0.1, -0.05) is 6.07 Å². The lowest BCUT2D eigenvalue weighted by Gasteiger charge is -2.31. The zero-order chi connectivity index (χ0) is 23.4. The average Bonchev–Trinajstić information content (AvgIpc) is 3.34. The zero-order valence-corrected chi connectivity index (χ0v) is 19.5. The molecule has 2 N–H and O–H groups in total. The minimum Gasteiger partial charge on any atom is -0.355 e. The molecule has 2 amide bonds. The SMILES string of the molecule is CC(=O)NS(=O)(=O)c1ccc(NC(=O)C2CCN(c3ccc(-c4cccs4)nn3)CC2)cc1. The van der Waals surface area contributed by atoms with E-state index in [0.29, 0.717) is 31.6 Å². The molecule has 172 valence electrons. The zero-order valence-electron chi connectivity index (χ0n) is 17.9. The molecule has 0 atom stereocenters. The van der Waals surface area contributed by atoms with E-state index in [2.05, 4.69) is 20.4 Å². The minimum absolute atomic E-state index is 0.0461. The lowest BCUT2D eigenvalue weighted by Crippen LogP contribution is -2.38. The Labute approximate surface area is 195 Å². The molecule has 0 radical (unpaired) electrons. The Balaban J connectivity index is 1.31. The van der Waals surface area contributed by atoms with Gasteiger partial charge in [0.2, 0.25) is 11.8 Å². The van der Waals surface area contributed by atoms with Gasteiger partial charge in [0.15, 0.2) is 5.82 Å². The predicted molar refractivity (Wildman–Crippen MR) is 126 cm³/mol. The molecule has 0 saturated carbocycles. The molecule has 1 fully saturated rings. The molecule has 3 aromatic rings. The second kappa shape index (κ2) is 9.67. The summed E-state index contributed by atoms with van der Waals surface area (Å²) in [5.74, 6) is -0.123. The summed E-state index contributed by atoms with van der Waals surface area (Å²) in [6.45, 7) is 2.52. The van der Waals surface area contributed by atoms with E-state index in [9.17, 15) is 18.0 Å². The van der Waals surface area contributed by atoms with Gasteiger partial charge in [0, 0.05) is 31.6 Å². The van der Waals surface area contributed by atoms with Gasteiger partial charge in [0.05, 0.1) is 9.77 Å². The molecule has 0 bridgehead atoms. The smallest absolute Gasteiger partial charge is 0.264 e. The summed E-state index contributed by atoms with van der Waals surface area (Å²) < 4.78 is 25.9. The summed E-state index contributed by atoms with van der Waals surface area (Å²) in [5, 5.41) is 13.5. The quantitative estimate of drug-likeness (QED) is 0.551. The van der Waals surface area contributed by atoms with Crippen molar-refractivity contribution in [3.05, 3.63) is 53.9 Å². The van der Waals surface area contributed by atoms with Crippen LogP contribution in [-0.4, -0.2) is 43.5 Å². The van der Waals surface area contributed by atoms with Crippen LogP contribution in [0.2, 0.25) is 0 Å².